The van der Waals surface area contributed by atoms with Crippen LogP contribution in [-0.2, 0) is 24.0 Å². The first-order valence-corrected chi connectivity index (χ1v) is 9.28. The molecule has 13 heteroatoms. The standard InChI is InChI=1S/C17H31N5O8/c1-7(2)12(19)16(28)20-9(4-5-11(18)25)14(26)21-10(6-23)15(27)22-13(8(3)24)17(29)30/h7-10,12-13,23-24H,4-6,19H2,1-3H3,(H2,18,25)(H,20,28)(H,21,26)(H,22,27)(H,29,30). The number of amides is 4. The summed E-state index contributed by atoms with van der Waals surface area (Å²) in [6.45, 7) is 3.62. The maximum atomic E-state index is 12.5. The number of carboxylic acids is 1. The van der Waals surface area contributed by atoms with E-state index >= 15 is 0 Å². The molecular weight excluding hydrogens is 402 g/mol. The summed E-state index contributed by atoms with van der Waals surface area (Å²) in [6, 6.07) is -5.47. The lowest BCUT2D eigenvalue weighted by Gasteiger charge is -2.25. The van der Waals surface area contributed by atoms with Gasteiger partial charge in [-0.15, -0.1) is 0 Å². The van der Waals surface area contributed by atoms with Gasteiger partial charge >= 0.3 is 5.97 Å². The number of carbonyl (C=O) groups excluding carboxylic acids is 4. The summed E-state index contributed by atoms with van der Waals surface area (Å²) in [5, 5.41) is 34.4. The van der Waals surface area contributed by atoms with Crippen molar-refractivity contribution in [3.05, 3.63) is 0 Å². The van der Waals surface area contributed by atoms with Crippen molar-refractivity contribution in [2.24, 2.45) is 17.4 Å². The summed E-state index contributed by atoms with van der Waals surface area (Å²) >= 11 is 0. The van der Waals surface area contributed by atoms with Crippen molar-refractivity contribution >= 4 is 29.6 Å². The molecule has 0 saturated carbocycles. The smallest absolute Gasteiger partial charge is 0.328 e. The minimum absolute atomic E-state index is 0.192. The van der Waals surface area contributed by atoms with E-state index in [0.717, 1.165) is 6.92 Å². The van der Waals surface area contributed by atoms with Gasteiger partial charge in [-0.05, 0) is 19.3 Å². The molecule has 172 valence electrons. The first-order chi connectivity index (χ1) is 13.8. The van der Waals surface area contributed by atoms with Crippen LogP contribution in [0.2, 0.25) is 0 Å². The van der Waals surface area contributed by atoms with Crippen molar-refractivity contribution in [2.75, 3.05) is 6.61 Å². The Morgan fingerprint density at radius 1 is 0.900 bits per heavy atom. The zero-order valence-corrected chi connectivity index (χ0v) is 17.1. The maximum Gasteiger partial charge on any atom is 0.328 e. The van der Waals surface area contributed by atoms with Gasteiger partial charge in [-0.3, -0.25) is 19.2 Å². The molecule has 4 amide bonds. The molecule has 0 saturated heterocycles. The van der Waals surface area contributed by atoms with E-state index in [2.05, 4.69) is 10.6 Å². The largest absolute Gasteiger partial charge is 0.480 e. The number of aliphatic carboxylic acids is 1. The third kappa shape index (κ3) is 9.15. The molecule has 0 heterocycles. The van der Waals surface area contributed by atoms with E-state index in [4.69, 9.17) is 16.6 Å². The highest BCUT2D eigenvalue weighted by Gasteiger charge is 2.31. The average molecular weight is 433 g/mol. The van der Waals surface area contributed by atoms with E-state index in [0.29, 0.717) is 0 Å². The summed E-state index contributed by atoms with van der Waals surface area (Å²) in [5.41, 5.74) is 10.8. The Balaban J connectivity index is 5.30. The number of rotatable bonds is 13. The molecule has 0 rings (SSSR count). The summed E-state index contributed by atoms with van der Waals surface area (Å²) in [4.78, 5) is 59.0. The second-order valence-electron chi connectivity index (χ2n) is 7.14. The van der Waals surface area contributed by atoms with Crippen LogP contribution < -0.4 is 27.4 Å². The van der Waals surface area contributed by atoms with E-state index in [-0.39, 0.29) is 18.8 Å². The normalized spacial score (nSPS) is 16.0. The topological polar surface area (TPSA) is 234 Å². The van der Waals surface area contributed by atoms with Crippen molar-refractivity contribution in [3.63, 3.8) is 0 Å². The number of primary amides is 1. The van der Waals surface area contributed by atoms with E-state index in [1.807, 2.05) is 5.32 Å². The molecule has 10 N–H and O–H groups in total. The van der Waals surface area contributed by atoms with E-state index in [1.54, 1.807) is 13.8 Å². The molecule has 13 nitrogen and oxygen atoms in total. The second kappa shape index (κ2) is 12.7. The molecule has 0 radical (unpaired) electrons. The van der Waals surface area contributed by atoms with Crippen LogP contribution in [0.1, 0.15) is 33.6 Å². The molecule has 0 aliphatic carbocycles. The predicted molar refractivity (Wildman–Crippen MR) is 103 cm³/mol. The molecular formula is C17H31N5O8. The summed E-state index contributed by atoms with van der Waals surface area (Å²) < 4.78 is 0. The molecule has 0 aromatic carbocycles. The highest BCUT2D eigenvalue weighted by atomic mass is 16.4. The predicted octanol–water partition coefficient (Wildman–Crippen LogP) is -3.85. The van der Waals surface area contributed by atoms with Crippen LogP contribution >= 0.6 is 0 Å². The lowest BCUT2D eigenvalue weighted by atomic mass is 10.0. The minimum Gasteiger partial charge on any atom is -0.480 e. The number of carbonyl (C=O) groups is 5. The van der Waals surface area contributed by atoms with Gasteiger partial charge in [0, 0.05) is 6.42 Å². The quantitative estimate of drug-likeness (QED) is 0.142. The highest BCUT2D eigenvalue weighted by molar-refractivity contribution is 5.94. The third-order valence-electron chi connectivity index (χ3n) is 4.20. The van der Waals surface area contributed by atoms with Crippen molar-refractivity contribution in [3.8, 4) is 0 Å². The number of aliphatic hydroxyl groups is 2. The number of aliphatic hydroxyl groups excluding tert-OH is 2. The lowest BCUT2D eigenvalue weighted by molar-refractivity contribution is -0.145. The molecule has 0 aromatic rings. The molecule has 0 aliphatic rings. The Hall–Kier alpha value is -2.77. The average Bonchev–Trinajstić information content (AvgIpc) is 2.65. The van der Waals surface area contributed by atoms with Gasteiger partial charge in [-0.25, -0.2) is 4.79 Å². The van der Waals surface area contributed by atoms with Gasteiger partial charge in [0.2, 0.25) is 23.6 Å². The van der Waals surface area contributed by atoms with Crippen LogP contribution in [0.5, 0.6) is 0 Å². The Bertz CT molecular complexity index is 640. The molecule has 5 atom stereocenters. The van der Waals surface area contributed by atoms with Gasteiger partial charge in [0.05, 0.1) is 18.8 Å². The van der Waals surface area contributed by atoms with Crippen molar-refractivity contribution in [1.82, 2.24) is 16.0 Å². The number of nitrogens with two attached hydrogens (primary N) is 2. The fourth-order valence-electron chi connectivity index (χ4n) is 2.24. The van der Waals surface area contributed by atoms with E-state index < -0.39 is 66.5 Å². The fraction of sp³-hybridized carbons (Fsp3) is 0.706. The molecule has 0 fully saturated rings. The van der Waals surface area contributed by atoms with Crippen molar-refractivity contribution in [2.45, 2.75) is 63.9 Å². The van der Waals surface area contributed by atoms with Crippen molar-refractivity contribution < 1.29 is 39.3 Å². The van der Waals surface area contributed by atoms with Gasteiger partial charge in [-0.2, -0.15) is 0 Å². The van der Waals surface area contributed by atoms with Crippen LogP contribution in [0, 0.1) is 5.92 Å². The van der Waals surface area contributed by atoms with Gasteiger partial charge in [0.25, 0.3) is 0 Å². The zero-order valence-electron chi connectivity index (χ0n) is 17.1. The zero-order chi connectivity index (χ0) is 23.6. The Labute approximate surface area is 173 Å². The van der Waals surface area contributed by atoms with Crippen LogP contribution in [0.4, 0.5) is 0 Å². The Morgan fingerprint density at radius 3 is 1.80 bits per heavy atom. The fourth-order valence-corrected chi connectivity index (χ4v) is 2.24. The molecule has 0 aliphatic heterocycles. The van der Waals surface area contributed by atoms with Gasteiger partial charge in [0.15, 0.2) is 6.04 Å². The summed E-state index contributed by atoms with van der Waals surface area (Å²) in [7, 11) is 0. The SMILES string of the molecule is CC(C)C(N)C(=O)NC(CCC(N)=O)C(=O)NC(CO)C(=O)NC(C(=O)O)C(C)O. The van der Waals surface area contributed by atoms with Crippen LogP contribution in [-0.4, -0.2) is 81.8 Å². The number of hydrogen-bond donors (Lipinski definition) is 8. The van der Waals surface area contributed by atoms with Crippen LogP contribution in [0.15, 0.2) is 0 Å². The second-order valence-corrected chi connectivity index (χ2v) is 7.14. The van der Waals surface area contributed by atoms with Gasteiger partial charge in [-0.1, -0.05) is 13.8 Å². The first-order valence-electron chi connectivity index (χ1n) is 9.28. The maximum absolute atomic E-state index is 12.5. The van der Waals surface area contributed by atoms with Crippen molar-refractivity contribution in [1.29, 1.82) is 0 Å². The molecule has 5 unspecified atom stereocenters. The molecule has 0 bridgehead atoms. The summed E-state index contributed by atoms with van der Waals surface area (Å²) in [6.07, 6.45) is -1.89. The van der Waals surface area contributed by atoms with Crippen LogP contribution in [0.25, 0.3) is 0 Å². The molecule has 0 aromatic heterocycles. The monoisotopic (exact) mass is 433 g/mol. The Kier molecular flexibility index (Phi) is 11.5. The van der Waals surface area contributed by atoms with E-state index in [1.165, 1.54) is 0 Å². The van der Waals surface area contributed by atoms with Gasteiger partial charge < -0.3 is 42.7 Å². The van der Waals surface area contributed by atoms with Gasteiger partial charge in [0.1, 0.15) is 12.1 Å². The number of carboxylic acid groups (broad SMARTS) is 1. The molecule has 30 heavy (non-hydrogen) atoms. The summed E-state index contributed by atoms with van der Waals surface area (Å²) in [5.74, 6) is -5.14. The Morgan fingerprint density at radius 2 is 1.40 bits per heavy atom. The first kappa shape index (κ1) is 27.2. The lowest BCUT2D eigenvalue weighted by Crippen LogP contribution is -2.59. The minimum atomic E-state index is -1.67. The third-order valence-corrected chi connectivity index (χ3v) is 4.20. The van der Waals surface area contributed by atoms with E-state index in [9.17, 15) is 34.2 Å². The van der Waals surface area contributed by atoms with Crippen LogP contribution in [0.3, 0.4) is 0 Å². The molecule has 0 spiro atoms. The number of hydrogen-bond acceptors (Lipinski definition) is 8. The number of nitrogens with one attached hydrogen (secondary N) is 3. The highest BCUT2D eigenvalue weighted by Crippen LogP contribution is 2.03.